The van der Waals surface area contributed by atoms with E-state index in [4.69, 9.17) is 0 Å². The van der Waals surface area contributed by atoms with E-state index in [2.05, 4.69) is 11.8 Å². The van der Waals surface area contributed by atoms with Gasteiger partial charge in [-0.05, 0) is 31.4 Å². The third-order valence-corrected chi connectivity index (χ3v) is 3.59. The van der Waals surface area contributed by atoms with Gasteiger partial charge in [0.2, 0.25) is 0 Å². The fourth-order valence-electron chi connectivity index (χ4n) is 1.47. The zero-order valence-electron chi connectivity index (χ0n) is 6.92. The molecule has 0 aromatic carbocycles. The summed E-state index contributed by atoms with van der Waals surface area (Å²) in [5.41, 5.74) is 0. The van der Waals surface area contributed by atoms with Crippen molar-refractivity contribution in [3.63, 3.8) is 0 Å². The molecule has 1 saturated heterocycles. The molecule has 11 heavy (non-hydrogen) atoms. The van der Waals surface area contributed by atoms with Gasteiger partial charge in [0.05, 0.1) is 0 Å². The Balaban J connectivity index is 1.89. The first-order valence-electron chi connectivity index (χ1n) is 4.48. The number of carbonyl (C=O) groups is 1. The van der Waals surface area contributed by atoms with Crippen LogP contribution in [0.15, 0.2) is 0 Å². The quantitative estimate of drug-likeness (QED) is 0.468. The lowest BCUT2D eigenvalue weighted by Gasteiger charge is -2.05. The first-order chi connectivity index (χ1) is 5.43. The smallest absolute Gasteiger partial charge is 0.119 e. The molecule has 2 heteroatoms. The van der Waals surface area contributed by atoms with Crippen molar-refractivity contribution < 1.29 is 4.79 Å². The summed E-state index contributed by atoms with van der Waals surface area (Å²) in [6.45, 7) is 0. The van der Waals surface area contributed by atoms with Crippen LogP contribution in [0.1, 0.15) is 38.5 Å². The van der Waals surface area contributed by atoms with Crippen molar-refractivity contribution in [1.82, 2.24) is 0 Å². The molecule has 0 saturated carbocycles. The summed E-state index contributed by atoms with van der Waals surface area (Å²) in [5.74, 6) is 1.36. The van der Waals surface area contributed by atoms with Crippen LogP contribution in [0.3, 0.4) is 0 Å². The second-order valence-electron chi connectivity index (χ2n) is 3.09. The molecule has 0 spiro atoms. The van der Waals surface area contributed by atoms with Crippen LogP contribution in [0.5, 0.6) is 0 Å². The molecule has 1 aliphatic rings. The second kappa shape index (κ2) is 5.64. The van der Waals surface area contributed by atoms with Gasteiger partial charge < -0.3 is 4.79 Å². The highest BCUT2D eigenvalue weighted by molar-refractivity contribution is 8.00. The standard InChI is InChI=1S/C9H16OS/c10-7-3-1-2-5-9-6-4-8-11-9/h7,9H,1-6,8H2. The van der Waals surface area contributed by atoms with Crippen molar-refractivity contribution in [3.8, 4) is 0 Å². The van der Waals surface area contributed by atoms with E-state index in [0.717, 1.165) is 24.4 Å². The molecule has 1 rings (SSSR count). The van der Waals surface area contributed by atoms with Crippen molar-refractivity contribution in [2.45, 2.75) is 43.8 Å². The van der Waals surface area contributed by atoms with Crippen LogP contribution in [0.25, 0.3) is 0 Å². The lowest BCUT2D eigenvalue weighted by atomic mass is 10.1. The largest absolute Gasteiger partial charge is 0.303 e. The lowest BCUT2D eigenvalue weighted by Crippen LogP contribution is -1.95. The van der Waals surface area contributed by atoms with Gasteiger partial charge in [-0.15, -0.1) is 0 Å². The summed E-state index contributed by atoms with van der Waals surface area (Å²) in [6.07, 6.45) is 8.28. The fraction of sp³-hybridized carbons (Fsp3) is 0.889. The van der Waals surface area contributed by atoms with Gasteiger partial charge in [0.25, 0.3) is 0 Å². The highest BCUT2D eigenvalue weighted by Gasteiger charge is 2.14. The van der Waals surface area contributed by atoms with Crippen molar-refractivity contribution in [2.24, 2.45) is 0 Å². The average molecular weight is 172 g/mol. The van der Waals surface area contributed by atoms with Gasteiger partial charge in [-0.3, -0.25) is 0 Å². The van der Waals surface area contributed by atoms with Gasteiger partial charge in [0.1, 0.15) is 6.29 Å². The molecular weight excluding hydrogens is 156 g/mol. The third kappa shape index (κ3) is 3.80. The number of aldehydes is 1. The van der Waals surface area contributed by atoms with E-state index in [-0.39, 0.29) is 0 Å². The first kappa shape index (κ1) is 9.11. The average Bonchev–Trinajstić information content (AvgIpc) is 2.50. The highest BCUT2D eigenvalue weighted by Crippen LogP contribution is 2.29. The van der Waals surface area contributed by atoms with Crippen LogP contribution in [-0.4, -0.2) is 17.3 Å². The Kier molecular flexibility index (Phi) is 4.67. The maximum Gasteiger partial charge on any atom is 0.119 e. The number of unbranched alkanes of at least 4 members (excludes halogenated alkanes) is 2. The zero-order chi connectivity index (χ0) is 7.94. The van der Waals surface area contributed by atoms with E-state index in [1.807, 2.05) is 0 Å². The molecular formula is C9H16OS. The van der Waals surface area contributed by atoms with Crippen LogP contribution in [0.4, 0.5) is 0 Å². The Morgan fingerprint density at radius 2 is 2.36 bits per heavy atom. The molecule has 1 fully saturated rings. The Morgan fingerprint density at radius 3 is 3.00 bits per heavy atom. The summed E-state index contributed by atoms with van der Waals surface area (Å²) in [5, 5.41) is 0.918. The maximum atomic E-state index is 10.00. The maximum absolute atomic E-state index is 10.00. The molecule has 1 nitrogen and oxygen atoms in total. The van der Waals surface area contributed by atoms with Crippen LogP contribution in [-0.2, 0) is 4.79 Å². The van der Waals surface area contributed by atoms with E-state index in [0.29, 0.717) is 0 Å². The van der Waals surface area contributed by atoms with E-state index in [1.165, 1.54) is 31.4 Å². The molecule has 0 N–H and O–H groups in total. The third-order valence-electron chi connectivity index (χ3n) is 2.12. The summed E-state index contributed by atoms with van der Waals surface area (Å²) < 4.78 is 0. The number of thioether (sulfide) groups is 1. The molecule has 0 amide bonds. The van der Waals surface area contributed by atoms with E-state index >= 15 is 0 Å². The van der Waals surface area contributed by atoms with Crippen molar-refractivity contribution >= 4 is 18.0 Å². The van der Waals surface area contributed by atoms with Crippen LogP contribution >= 0.6 is 11.8 Å². The predicted octanol–water partition coefficient (Wildman–Crippen LogP) is 2.64. The summed E-state index contributed by atoms with van der Waals surface area (Å²) in [7, 11) is 0. The highest BCUT2D eigenvalue weighted by atomic mass is 32.2. The first-order valence-corrected chi connectivity index (χ1v) is 5.53. The summed E-state index contributed by atoms with van der Waals surface area (Å²) in [4.78, 5) is 10.00. The molecule has 0 aliphatic carbocycles. The minimum Gasteiger partial charge on any atom is -0.303 e. The molecule has 0 bridgehead atoms. The Labute approximate surface area is 72.9 Å². The second-order valence-corrected chi connectivity index (χ2v) is 4.49. The predicted molar refractivity (Wildman–Crippen MR) is 50.0 cm³/mol. The lowest BCUT2D eigenvalue weighted by molar-refractivity contribution is -0.107. The fourth-order valence-corrected chi connectivity index (χ4v) is 2.81. The number of hydrogen-bond donors (Lipinski definition) is 0. The van der Waals surface area contributed by atoms with E-state index in [9.17, 15) is 4.79 Å². The van der Waals surface area contributed by atoms with Gasteiger partial charge in [-0.25, -0.2) is 0 Å². The molecule has 0 aromatic rings. The molecule has 1 unspecified atom stereocenters. The number of rotatable bonds is 5. The van der Waals surface area contributed by atoms with Crippen LogP contribution < -0.4 is 0 Å². The van der Waals surface area contributed by atoms with Crippen LogP contribution in [0.2, 0.25) is 0 Å². The monoisotopic (exact) mass is 172 g/mol. The minimum atomic E-state index is 0.761. The SMILES string of the molecule is O=CCCCCC1CCCS1. The summed E-state index contributed by atoms with van der Waals surface area (Å²) >= 11 is 2.11. The Bertz CT molecular complexity index is 108. The zero-order valence-corrected chi connectivity index (χ0v) is 7.74. The molecule has 0 aromatic heterocycles. The topological polar surface area (TPSA) is 17.1 Å². The molecule has 0 radical (unpaired) electrons. The van der Waals surface area contributed by atoms with E-state index < -0.39 is 0 Å². The molecule has 1 heterocycles. The van der Waals surface area contributed by atoms with Gasteiger partial charge in [-0.1, -0.05) is 6.42 Å². The minimum absolute atomic E-state index is 0.761. The number of carbonyl (C=O) groups excluding carboxylic acids is 1. The van der Waals surface area contributed by atoms with Crippen LogP contribution in [0, 0.1) is 0 Å². The number of hydrogen-bond acceptors (Lipinski definition) is 2. The normalized spacial score (nSPS) is 23.8. The Hall–Kier alpha value is 0.0200. The van der Waals surface area contributed by atoms with Gasteiger partial charge in [-0.2, -0.15) is 11.8 Å². The molecule has 1 atom stereocenters. The van der Waals surface area contributed by atoms with Crippen molar-refractivity contribution in [3.05, 3.63) is 0 Å². The van der Waals surface area contributed by atoms with Crippen molar-refractivity contribution in [2.75, 3.05) is 5.75 Å². The van der Waals surface area contributed by atoms with Gasteiger partial charge >= 0.3 is 0 Å². The molecule has 1 aliphatic heterocycles. The van der Waals surface area contributed by atoms with Crippen molar-refractivity contribution in [1.29, 1.82) is 0 Å². The van der Waals surface area contributed by atoms with E-state index in [1.54, 1.807) is 0 Å². The molecule has 64 valence electrons. The van der Waals surface area contributed by atoms with Gasteiger partial charge in [0.15, 0.2) is 0 Å². The Morgan fingerprint density at radius 1 is 1.45 bits per heavy atom. The summed E-state index contributed by atoms with van der Waals surface area (Å²) in [6, 6.07) is 0. The van der Waals surface area contributed by atoms with Gasteiger partial charge in [0, 0.05) is 11.7 Å².